The van der Waals surface area contributed by atoms with Crippen molar-refractivity contribution in [2.75, 3.05) is 13.2 Å². The number of ether oxygens (including phenoxy) is 2. The molecule has 4 nitrogen and oxygen atoms in total. The van der Waals surface area contributed by atoms with Gasteiger partial charge in [0.1, 0.15) is 19.0 Å². The number of benzene rings is 1. The van der Waals surface area contributed by atoms with Crippen molar-refractivity contribution >= 4 is 5.97 Å². The van der Waals surface area contributed by atoms with Crippen molar-refractivity contribution in [3.05, 3.63) is 23.5 Å². The van der Waals surface area contributed by atoms with Crippen LogP contribution in [0.15, 0.2) is 12.1 Å². The van der Waals surface area contributed by atoms with E-state index in [2.05, 4.69) is 0 Å². The Labute approximate surface area is 91.6 Å². The van der Waals surface area contributed by atoms with Crippen LogP contribution < -0.4 is 9.47 Å². The van der Waals surface area contributed by atoms with Crippen LogP contribution in [-0.4, -0.2) is 24.3 Å². The number of fused-ring (bicyclic) bond motifs is 1. The summed E-state index contributed by atoms with van der Waals surface area (Å²) in [4.78, 5) is 10.4. The smallest absolute Gasteiger partial charge is 0.303 e. The molecule has 0 aromatic heterocycles. The van der Waals surface area contributed by atoms with Gasteiger partial charge in [-0.25, -0.2) is 4.39 Å². The first kappa shape index (κ1) is 10.7. The third-order valence-electron chi connectivity index (χ3n) is 2.32. The minimum absolute atomic E-state index is 0.101. The van der Waals surface area contributed by atoms with Crippen molar-refractivity contribution in [1.29, 1.82) is 0 Å². The molecular formula is C11H11FO4. The summed E-state index contributed by atoms with van der Waals surface area (Å²) < 4.78 is 24.0. The molecular weight excluding hydrogens is 215 g/mol. The van der Waals surface area contributed by atoms with Gasteiger partial charge in [0, 0.05) is 12.5 Å². The van der Waals surface area contributed by atoms with Gasteiger partial charge in [-0.1, -0.05) is 0 Å². The molecule has 0 saturated heterocycles. The van der Waals surface area contributed by atoms with Gasteiger partial charge in [0.2, 0.25) is 0 Å². The second-order valence-corrected chi connectivity index (χ2v) is 3.48. The van der Waals surface area contributed by atoms with Crippen LogP contribution in [0.3, 0.4) is 0 Å². The average molecular weight is 226 g/mol. The standard InChI is InChI=1S/C11H11FO4/c12-8-6-10-9(15-3-4-16-10)5-7(8)1-2-11(13)14/h5-6H,1-4H2,(H,13,14). The van der Waals surface area contributed by atoms with Gasteiger partial charge in [0.05, 0.1) is 0 Å². The maximum atomic E-state index is 13.5. The van der Waals surface area contributed by atoms with Crippen LogP contribution in [0.5, 0.6) is 11.5 Å². The predicted octanol–water partition coefficient (Wildman–Crippen LogP) is 1.61. The Morgan fingerprint density at radius 1 is 1.31 bits per heavy atom. The van der Waals surface area contributed by atoms with E-state index in [9.17, 15) is 9.18 Å². The van der Waals surface area contributed by atoms with Crippen molar-refractivity contribution < 1.29 is 23.8 Å². The molecule has 16 heavy (non-hydrogen) atoms. The minimum atomic E-state index is -0.950. The number of rotatable bonds is 3. The Bertz CT molecular complexity index is 417. The van der Waals surface area contributed by atoms with Crippen LogP contribution in [0.25, 0.3) is 0 Å². The number of hydrogen-bond acceptors (Lipinski definition) is 3. The lowest BCUT2D eigenvalue weighted by atomic mass is 10.1. The molecule has 0 bridgehead atoms. The second-order valence-electron chi connectivity index (χ2n) is 3.48. The molecule has 1 aliphatic heterocycles. The zero-order valence-corrected chi connectivity index (χ0v) is 8.53. The number of aliphatic carboxylic acids is 1. The van der Waals surface area contributed by atoms with E-state index in [-0.39, 0.29) is 12.8 Å². The first-order valence-corrected chi connectivity index (χ1v) is 4.96. The van der Waals surface area contributed by atoms with E-state index in [1.54, 1.807) is 0 Å². The molecule has 0 aliphatic carbocycles. The number of hydrogen-bond donors (Lipinski definition) is 1. The Morgan fingerprint density at radius 3 is 2.56 bits per heavy atom. The fourth-order valence-electron chi connectivity index (χ4n) is 1.54. The quantitative estimate of drug-likeness (QED) is 0.850. The van der Waals surface area contributed by atoms with Crippen LogP contribution >= 0.6 is 0 Å². The summed E-state index contributed by atoms with van der Waals surface area (Å²) in [5.74, 6) is -0.546. The van der Waals surface area contributed by atoms with Gasteiger partial charge in [-0.05, 0) is 18.1 Å². The molecule has 86 valence electrons. The molecule has 0 fully saturated rings. The maximum absolute atomic E-state index is 13.5. The summed E-state index contributed by atoms with van der Waals surface area (Å²) in [6, 6.07) is 2.75. The highest BCUT2D eigenvalue weighted by atomic mass is 19.1. The van der Waals surface area contributed by atoms with Gasteiger partial charge < -0.3 is 14.6 Å². The molecule has 1 N–H and O–H groups in total. The Hall–Kier alpha value is -1.78. The fraction of sp³-hybridized carbons (Fsp3) is 0.364. The molecule has 0 radical (unpaired) electrons. The molecule has 0 amide bonds. The van der Waals surface area contributed by atoms with Crippen molar-refractivity contribution in [2.45, 2.75) is 12.8 Å². The van der Waals surface area contributed by atoms with E-state index in [1.807, 2.05) is 0 Å². The van der Waals surface area contributed by atoms with Gasteiger partial charge >= 0.3 is 5.97 Å². The minimum Gasteiger partial charge on any atom is -0.486 e. The van der Waals surface area contributed by atoms with Gasteiger partial charge in [-0.2, -0.15) is 0 Å². The van der Waals surface area contributed by atoms with Crippen molar-refractivity contribution in [3.8, 4) is 11.5 Å². The Kier molecular flexibility index (Phi) is 2.94. The number of carboxylic acids is 1. The monoisotopic (exact) mass is 226 g/mol. The molecule has 2 rings (SSSR count). The van der Waals surface area contributed by atoms with E-state index in [4.69, 9.17) is 14.6 Å². The second kappa shape index (κ2) is 4.38. The third-order valence-corrected chi connectivity index (χ3v) is 2.32. The highest BCUT2D eigenvalue weighted by Crippen LogP contribution is 2.32. The van der Waals surface area contributed by atoms with Crippen LogP contribution in [0, 0.1) is 5.82 Å². The lowest BCUT2D eigenvalue weighted by Gasteiger charge is -2.19. The van der Waals surface area contributed by atoms with E-state index in [0.717, 1.165) is 0 Å². The number of carbonyl (C=O) groups is 1. The Morgan fingerprint density at radius 2 is 1.94 bits per heavy atom. The summed E-state index contributed by atoms with van der Waals surface area (Å²) in [6.45, 7) is 0.831. The lowest BCUT2D eigenvalue weighted by molar-refractivity contribution is -0.136. The summed E-state index contributed by atoms with van der Waals surface area (Å²) in [5, 5.41) is 8.53. The van der Waals surface area contributed by atoms with Gasteiger partial charge in [-0.15, -0.1) is 0 Å². The van der Waals surface area contributed by atoms with E-state index < -0.39 is 11.8 Å². The topological polar surface area (TPSA) is 55.8 Å². The highest BCUT2D eigenvalue weighted by molar-refractivity contribution is 5.67. The molecule has 0 spiro atoms. The van der Waals surface area contributed by atoms with Crippen molar-refractivity contribution in [2.24, 2.45) is 0 Å². The first-order valence-electron chi connectivity index (χ1n) is 4.96. The highest BCUT2D eigenvalue weighted by Gasteiger charge is 2.16. The SMILES string of the molecule is O=C(O)CCc1cc2c(cc1F)OCCO2. The third kappa shape index (κ3) is 2.24. The molecule has 0 saturated carbocycles. The normalized spacial score (nSPS) is 13.6. The molecule has 0 unspecified atom stereocenters. The molecule has 1 aliphatic rings. The zero-order valence-electron chi connectivity index (χ0n) is 8.53. The summed E-state index contributed by atoms with van der Waals surface area (Å²) in [7, 11) is 0. The zero-order chi connectivity index (χ0) is 11.5. The maximum Gasteiger partial charge on any atom is 0.303 e. The summed E-state index contributed by atoms with van der Waals surface area (Å²) in [5.41, 5.74) is 0.339. The molecule has 1 heterocycles. The van der Waals surface area contributed by atoms with Crippen LogP contribution in [-0.2, 0) is 11.2 Å². The summed E-state index contributed by atoms with van der Waals surface area (Å²) >= 11 is 0. The van der Waals surface area contributed by atoms with E-state index in [0.29, 0.717) is 30.3 Å². The average Bonchev–Trinajstić information content (AvgIpc) is 2.26. The van der Waals surface area contributed by atoms with Crippen LogP contribution in [0.4, 0.5) is 4.39 Å². The Balaban J connectivity index is 2.21. The number of carboxylic acid groups (broad SMARTS) is 1. The largest absolute Gasteiger partial charge is 0.486 e. The fourth-order valence-corrected chi connectivity index (χ4v) is 1.54. The van der Waals surface area contributed by atoms with Gasteiger partial charge in [-0.3, -0.25) is 4.79 Å². The predicted molar refractivity (Wildman–Crippen MR) is 53.3 cm³/mol. The molecule has 0 atom stereocenters. The van der Waals surface area contributed by atoms with Crippen LogP contribution in [0.1, 0.15) is 12.0 Å². The van der Waals surface area contributed by atoms with Crippen molar-refractivity contribution in [1.82, 2.24) is 0 Å². The molecule has 1 aromatic carbocycles. The van der Waals surface area contributed by atoms with Crippen molar-refractivity contribution in [3.63, 3.8) is 0 Å². The lowest BCUT2D eigenvalue weighted by Crippen LogP contribution is -2.16. The molecule has 5 heteroatoms. The summed E-state index contributed by atoms with van der Waals surface area (Å²) in [6.07, 6.45) is 0.0500. The first-order chi connectivity index (χ1) is 7.66. The molecule has 1 aromatic rings. The van der Waals surface area contributed by atoms with Crippen LogP contribution in [0.2, 0.25) is 0 Å². The van der Waals surface area contributed by atoms with Gasteiger partial charge in [0.25, 0.3) is 0 Å². The van der Waals surface area contributed by atoms with E-state index in [1.165, 1.54) is 12.1 Å². The number of aryl methyl sites for hydroxylation is 1. The van der Waals surface area contributed by atoms with Gasteiger partial charge in [0.15, 0.2) is 11.5 Å². The van der Waals surface area contributed by atoms with E-state index >= 15 is 0 Å². The number of halogens is 1.